The van der Waals surface area contributed by atoms with Gasteiger partial charge in [0.1, 0.15) is 6.61 Å². The Hall–Kier alpha value is -1.68. The molecule has 22 heavy (non-hydrogen) atoms. The average Bonchev–Trinajstić information content (AvgIpc) is 2.92. The number of hydrogen-bond acceptors (Lipinski definition) is 7. The van der Waals surface area contributed by atoms with Gasteiger partial charge in [0.15, 0.2) is 22.4 Å². The lowest BCUT2D eigenvalue weighted by Gasteiger charge is -2.24. The van der Waals surface area contributed by atoms with Crippen molar-refractivity contribution in [1.82, 2.24) is 9.55 Å². The maximum Gasteiger partial charge on any atom is 0.256 e. The Kier molecular flexibility index (Phi) is 3.60. The van der Waals surface area contributed by atoms with Crippen LogP contribution < -0.4 is 11.3 Å². The van der Waals surface area contributed by atoms with Crippen LogP contribution >= 0.6 is 12.2 Å². The van der Waals surface area contributed by atoms with Crippen molar-refractivity contribution in [3.05, 3.63) is 38.4 Å². The lowest BCUT2D eigenvalue weighted by Crippen LogP contribution is -2.30. The highest BCUT2D eigenvalue weighted by molar-refractivity contribution is 7.71. The number of aliphatic hydroxyl groups excluding tert-OH is 1. The topological polar surface area (TPSA) is 112 Å². The quantitative estimate of drug-likeness (QED) is 0.682. The number of aliphatic hydroxyl groups is 1. The van der Waals surface area contributed by atoms with E-state index in [4.69, 9.17) is 32.2 Å². The number of hydrogen-bond donors (Lipinski definition) is 3. The van der Waals surface area contributed by atoms with E-state index in [9.17, 15) is 9.90 Å². The molecule has 2 aliphatic heterocycles. The zero-order valence-electron chi connectivity index (χ0n) is 12.2. The first-order valence-corrected chi connectivity index (χ1v) is 7.19. The fourth-order valence-electron chi connectivity index (χ4n) is 2.55. The van der Waals surface area contributed by atoms with Gasteiger partial charge in [0.2, 0.25) is 12.0 Å². The van der Waals surface area contributed by atoms with Crippen LogP contribution in [-0.4, -0.2) is 33.2 Å². The molecule has 0 radical (unpaired) electrons. The van der Waals surface area contributed by atoms with Crippen molar-refractivity contribution in [3.8, 4) is 0 Å². The van der Waals surface area contributed by atoms with Gasteiger partial charge in [-0.15, -0.1) is 0 Å². The van der Waals surface area contributed by atoms with Crippen molar-refractivity contribution in [3.63, 3.8) is 0 Å². The van der Waals surface area contributed by atoms with Crippen molar-refractivity contribution < 1.29 is 19.3 Å². The molecule has 0 bridgehead atoms. The number of aromatic nitrogens is 2. The molecule has 3 rings (SSSR count). The Morgan fingerprint density at radius 3 is 2.91 bits per heavy atom. The second kappa shape index (κ2) is 5.20. The van der Waals surface area contributed by atoms with Crippen molar-refractivity contribution in [2.75, 3.05) is 6.61 Å². The van der Waals surface area contributed by atoms with E-state index in [1.807, 2.05) is 0 Å². The van der Waals surface area contributed by atoms with Crippen LogP contribution in [0.3, 0.4) is 0 Å². The van der Waals surface area contributed by atoms with Crippen LogP contribution in [0.2, 0.25) is 0 Å². The Balaban J connectivity index is 2.05. The molecule has 1 aromatic rings. The monoisotopic (exact) mass is 327 g/mol. The van der Waals surface area contributed by atoms with E-state index in [2.05, 4.69) is 4.98 Å². The van der Waals surface area contributed by atoms with E-state index in [0.717, 1.165) is 0 Å². The average molecular weight is 327 g/mol. The first-order valence-electron chi connectivity index (χ1n) is 6.78. The van der Waals surface area contributed by atoms with Crippen molar-refractivity contribution in [1.29, 1.82) is 0 Å². The normalized spacial score (nSPS) is 25.8. The highest BCUT2D eigenvalue weighted by Gasteiger charge is 2.50. The van der Waals surface area contributed by atoms with Gasteiger partial charge in [-0.1, -0.05) is 0 Å². The summed E-state index contributed by atoms with van der Waals surface area (Å²) < 4.78 is 18.9. The lowest BCUT2D eigenvalue weighted by atomic mass is 10.2. The van der Waals surface area contributed by atoms with Crippen LogP contribution in [0.15, 0.2) is 22.5 Å². The summed E-state index contributed by atoms with van der Waals surface area (Å²) in [5.41, 5.74) is 5.59. The number of nitrogens with two attached hydrogens (primary N) is 1. The summed E-state index contributed by atoms with van der Waals surface area (Å²) in [4.78, 5) is 14.3. The van der Waals surface area contributed by atoms with Crippen LogP contribution in [0.4, 0.5) is 0 Å². The number of rotatable bonds is 3. The molecule has 9 heteroatoms. The van der Waals surface area contributed by atoms with E-state index in [1.54, 1.807) is 24.6 Å². The third-order valence-corrected chi connectivity index (χ3v) is 3.81. The molecule has 1 unspecified atom stereocenters. The molecule has 0 aliphatic carbocycles. The fourth-order valence-corrected chi connectivity index (χ4v) is 2.80. The van der Waals surface area contributed by atoms with Crippen molar-refractivity contribution in [2.45, 2.75) is 38.5 Å². The molecule has 2 atom stereocenters. The largest absolute Gasteiger partial charge is 0.465 e. The molecule has 4 N–H and O–H groups in total. The highest BCUT2D eigenvalue weighted by Crippen LogP contribution is 2.44. The molecule has 120 valence electrons. The summed E-state index contributed by atoms with van der Waals surface area (Å²) >= 11 is 5.18. The number of nitrogens with one attached hydrogen (secondary N) is 1. The predicted octanol–water partition coefficient (Wildman–Crippen LogP) is 0.249. The van der Waals surface area contributed by atoms with Gasteiger partial charge in [0, 0.05) is 32.2 Å². The minimum atomic E-state index is -0.830. The van der Waals surface area contributed by atoms with Gasteiger partial charge in [-0.3, -0.25) is 14.3 Å². The summed E-state index contributed by atoms with van der Waals surface area (Å²) in [6.07, 6.45) is 0.312. The van der Waals surface area contributed by atoms with E-state index in [0.29, 0.717) is 17.1 Å². The molecule has 2 aliphatic rings. The van der Waals surface area contributed by atoms with Gasteiger partial charge >= 0.3 is 0 Å². The molecular formula is C13H17N3O5S. The molecular weight excluding hydrogens is 310 g/mol. The summed E-state index contributed by atoms with van der Waals surface area (Å²) in [7, 11) is 0. The Morgan fingerprint density at radius 1 is 1.55 bits per heavy atom. The standard InChI is InChI=1S/C13H17N3O5S/c1-13(2)20-8-7(5-17)19-11(9(8)21-13)16-4-6(3-14)10(18)15-12(16)22/h4,9,11,17H,3,5,14H2,1-2H3,(H,15,18,22)/t9?,11-/m1/s1. The summed E-state index contributed by atoms with van der Waals surface area (Å²) in [6.45, 7) is 3.28. The number of aromatic amines is 1. The third kappa shape index (κ3) is 2.35. The molecule has 1 saturated heterocycles. The summed E-state index contributed by atoms with van der Waals surface area (Å²) in [5, 5.41) is 9.43. The van der Waals surface area contributed by atoms with Gasteiger partial charge in [-0.05, 0) is 12.2 Å². The Morgan fingerprint density at radius 2 is 2.27 bits per heavy atom. The zero-order valence-corrected chi connectivity index (χ0v) is 13.0. The van der Waals surface area contributed by atoms with Gasteiger partial charge < -0.3 is 25.1 Å². The first kappa shape index (κ1) is 15.2. The summed E-state index contributed by atoms with van der Waals surface area (Å²) in [5.74, 6) is -0.0911. The minimum absolute atomic E-state index is 0.0678. The van der Waals surface area contributed by atoms with E-state index in [1.165, 1.54) is 0 Å². The van der Waals surface area contributed by atoms with Crippen LogP contribution in [0.5, 0.6) is 0 Å². The second-order valence-electron chi connectivity index (χ2n) is 5.52. The molecule has 8 nitrogen and oxygen atoms in total. The van der Waals surface area contributed by atoms with Gasteiger partial charge in [-0.2, -0.15) is 0 Å². The second-order valence-corrected chi connectivity index (χ2v) is 5.91. The molecule has 0 saturated carbocycles. The number of fused-ring (bicyclic) bond motifs is 1. The number of ether oxygens (including phenoxy) is 3. The van der Waals surface area contributed by atoms with Crippen molar-refractivity contribution in [2.24, 2.45) is 5.73 Å². The molecule has 0 amide bonds. The molecule has 0 spiro atoms. The van der Waals surface area contributed by atoms with Crippen LogP contribution in [0.25, 0.3) is 0 Å². The molecule has 1 fully saturated rings. The van der Waals surface area contributed by atoms with E-state index >= 15 is 0 Å². The van der Waals surface area contributed by atoms with Crippen molar-refractivity contribution >= 4 is 12.2 Å². The third-order valence-electron chi connectivity index (χ3n) is 3.50. The van der Waals surface area contributed by atoms with Crippen LogP contribution in [0, 0.1) is 4.77 Å². The van der Waals surface area contributed by atoms with E-state index in [-0.39, 0.29) is 23.5 Å². The van der Waals surface area contributed by atoms with Crippen LogP contribution in [-0.2, 0) is 20.8 Å². The van der Waals surface area contributed by atoms with E-state index < -0.39 is 18.1 Å². The minimum Gasteiger partial charge on any atom is -0.465 e. The predicted molar refractivity (Wildman–Crippen MR) is 78.0 cm³/mol. The smallest absolute Gasteiger partial charge is 0.256 e. The lowest BCUT2D eigenvalue weighted by molar-refractivity contribution is -0.166. The highest BCUT2D eigenvalue weighted by atomic mass is 32.1. The maximum atomic E-state index is 11.7. The maximum absolute atomic E-state index is 11.7. The SMILES string of the molecule is CC1(C)OC2=C(CO)O[C@@H](n3cc(CN)c(=O)[nH]c3=S)C2O1. The summed E-state index contributed by atoms with van der Waals surface area (Å²) in [6, 6.07) is 0. The Labute approximate surface area is 131 Å². The van der Waals surface area contributed by atoms with Gasteiger partial charge in [-0.25, -0.2) is 0 Å². The first-order chi connectivity index (χ1) is 10.4. The fraction of sp³-hybridized carbons (Fsp3) is 0.538. The zero-order chi connectivity index (χ0) is 16.1. The molecule has 1 aromatic heterocycles. The number of H-pyrrole nitrogens is 1. The number of nitrogens with zero attached hydrogens (tertiary/aromatic N) is 1. The Bertz CT molecular complexity index is 751. The van der Waals surface area contributed by atoms with Crippen LogP contribution in [0.1, 0.15) is 25.6 Å². The molecule has 0 aromatic carbocycles. The van der Waals surface area contributed by atoms with Gasteiger partial charge in [0.05, 0.1) is 0 Å². The molecule has 3 heterocycles. The van der Waals surface area contributed by atoms with Gasteiger partial charge in [0.25, 0.3) is 5.56 Å².